The lowest BCUT2D eigenvalue weighted by Gasteiger charge is -2.33. The quantitative estimate of drug-likeness (QED) is 0.169. The van der Waals surface area contributed by atoms with E-state index in [0.717, 1.165) is 17.1 Å². The molecule has 0 aliphatic heterocycles. The first-order valence-electron chi connectivity index (χ1n) is 20.8. The zero-order chi connectivity index (χ0) is 39.3. The smallest absolute Gasteiger partial charge is 0.0726 e. The van der Waals surface area contributed by atoms with Gasteiger partial charge in [0.25, 0.3) is 0 Å². The standard InChI is InChI=1S/C58H41N/c1-57(2)50-25-13-9-21-44(50)48-33-30-41(36-54(48)57)59(56-35-40(38-17-5-3-6-18-38)29-32-43(56)39-19-7-4-8-20-39)42-31-34-49-47-24-12-16-28-53(47)58(55(49)37-42)51-26-14-10-22-45(51)46-23-11-15-27-52(46)58/h3-37H,1-2H3. The van der Waals surface area contributed by atoms with Crippen LogP contribution in [0.2, 0.25) is 0 Å². The number of fused-ring (bicyclic) bond motifs is 13. The van der Waals surface area contributed by atoms with E-state index in [1.807, 2.05) is 0 Å². The summed E-state index contributed by atoms with van der Waals surface area (Å²) in [6.07, 6.45) is 0. The van der Waals surface area contributed by atoms with E-state index in [2.05, 4.69) is 231 Å². The number of hydrogen-bond acceptors (Lipinski definition) is 1. The van der Waals surface area contributed by atoms with Gasteiger partial charge in [-0.25, -0.2) is 0 Å². The molecule has 1 nitrogen and oxygen atoms in total. The third kappa shape index (κ3) is 4.73. The Balaban J connectivity index is 1.16. The van der Waals surface area contributed by atoms with Gasteiger partial charge in [0.2, 0.25) is 0 Å². The topological polar surface area (TPSA) is 3.24 Å². The van der Waals surface area contributed by atoms with Crippen LogP contribution >= 0.6 is 0 Å². The summed E-state index contributed by atoms with van der Waals surface area (Å²) in [4.78, 5) is 2.54. The molecule has 1 spiro atoms. The molecule has 0 aromatic heterocycles. The average molecular weight is 752 g/mol. The molecular weight excluding hydrogens is 711 g/mol. The first-order valence-corrected chi connectivity index (χ1v) is 20.8. The second-order valence-electron chi connectivity index (χ2n) is 16.8. The molecule has 0 bridgehead atoms. The van der Waals surface area contributed by atoms with Crippen LogP contribution in [0.1, 0.15) is 47.2 Å². The molecule has 0 amide bonds. The largest absolute Gasteiger partial charge is 0.310 e. The summed E-state index contributed by atoms with van der Waals surface area (Å²) in [5.41, 5.74) is 23.6. The van der Waals surface area contributed by atoms with E-state index in [-0.39, 0.29) is 5.41 Å². The lowest BCUT2D eigenvalue weighted by Crippen LogP contribution is -2.26. The molecule has 0 saturated carbocycles. The molecule has 3 aliphatic carbocycles. The molecule has 0 atom stereocenters. The van der Waals surface area contributed by atoms with Crippen LogP contribution in [0.25, 0.3) is 55.6 Å². The van der Waals surface area contributed by atoms with Crippen LogP contribution in [-0.4, -0.2) is 0 Å². The van der Waals surface area contributed by atoms with Crippen molar-refractivity contribution in [3.8, 4) is 55.6 Å². The van der Waals surface area contributed by atoms with Gasteiger partial charge < -0.3 is 4.90 Å². The molecule has 0 N–H and O–H groups in total. The SMILES string of the molecule is CC1(C)c2ccccc2-c2ccc(N(c3ccc4c(c3)C3(c5ccccc5-c5ccccc53)c3ccccc3-4)c3cc(-c4ccccc4)ccc3-c3ccccc3)cc21. The van der Waals surface area contributed by atoms with E-state index < -0.39 is 5.41 Å². The van der Waals surface area contributed by atoms with Crippen molar-refractivity contribution >= 4 is 17.1 Å². The number of nitrogens with zero attached hydrogens (tertiary/aromatic N) is 1. The van der Waals surface area contributed by atoms with Gasteiger partial charge in [0.15, 0.2) is 0 Å². The maximum absolute atomic E-state index is 2.54. The fraction of sp³-hybridized carbons (Fsp3) is 0.0690. The zero-order valence-electron chi connectivity index (χ0n) is 33.2. The predicted molar refractivity (Wildman–Crippen MR) is 246 cm³/mol. The highest BCUT2D eigenvalue weighted by Gasteiger charge is 2.51. The van der Waals surface area contributed by atoms with Gasteiger partial charge in [0.05, 0.1) is 11.1 Å². The summed E-state index contributed by atoms with van der Waals surface area (Å²) in [5.74, 6) is 0. The third-order valence-electron chi connectivity index (χ3n) is 13.5. The predicted octanol–water partition coefficient (Wildman–Crippen LogP) is 15.1. The summed E-state index contributed by atoms with van der Waals surface area (Å²) in [6.45, 7) is 4.76. The first kappa shape index (κ1) is 33.9. The van der Waals surface area contributed by atoms with Crippen molar-refractivity contribution in [2.45, 2.75) is 24.7 Å². The first-order chi connectivity index (χ1) is 29.0. The van der Waals surface area contributed by atoms with E-state index in [9.17, 15) is 0 Å². The summed E-state index contributed by atoms with van der Waals surface area (Å²) in [6, 6.07) is 79.3. The Morgan fingerprint density at radius 3 is 1.25 bits per heavy atom. The van der Waals surface area contributed by atoms with Crippen LogP contribution in [0, 0.1) is 0 Å². The third-order valence-corrected chi connectivity index (χ3v) is 13.5. The minimum atomic E-state index is -0.448. The zero-order valence-corrected chi connectivity index (χ0v) is 33.2. The normalized spacial score (nSPS) is 14.2. The Morgan fingerprint density at radius 1 is 0.288 bits per heavy atom. The van der Waals surface area contributed by atoms with Gasteiger partial charge in [-0.2, -0.15) is 0 Å². The molecular formula is C58H41N. The van der Waals surface area contributed by atoms with Crippen molar-refractivity contribution in [2.24, 2.45) is 0 Å². The molecule has 0 fully saturated rings. The molecule has 9 aromatic rings. The Labute approximate surface area is 346 Å². The number of rotatable bonds is 5. The van der Waals surface area contributed by atoms with Gasteiger partial charge in [0, 0.05) is 22.4 Å². The Bertz CT molecular complexity index is 3070. The highest BCUT2D eigenvalue weighted by molar-refractivity contribution is 5.98. The van der Waals surface area contributed by atoms with Crippen LogP contribution in [0.15, 0.2) is 212 Å². The van der Waals surface area contributed by atoms with Crippen molar-refractivity contribution in [1.82, 2.24) is 0 Å². The van der Waals surface area contributed by atoms with Crippen molar-refractivity contribution in [1.29, 1.82) is 0 Å². The highest BCUT2D eigenvalue weighted by atomic mass is 15.1. The molecule has 0 heterocycles. The fourth-order valence-electron chi connectivity index (χ4n) is 10.9. The molecule has 0 radical (unpaired) electrons. The van der Waals surface area contributed by atoms with E-state index in [4.69, 9.17) is 0 Å². The van der Waals surface area contributed by atoms with Crippen molar-refractivity contribution < 1.29 is 0 Å². The summed E-state index contributed by atoms with van der Waals surface area (Å²) in [5, 5.41) is 0. The van der Waals surface area contributed by atoms with Gasteiger partial charge in [0.1, 0.15) is 0 Å². The van der Waals surface area contributed by atoms with E-state index in [0.29, 0.717) is 0 Å². The lowest BCUT2D eigenvalue weighted by atomic mass is 9.70. The van der Waals surface area contributed by atoms with Gasteiger partial charge in [-0.3, -0.25) is 0 Å². The Kier molecular flexibility index (Phi) is 7.26. The molecule has 12 rings (SSSR count). The minimum absolute atomic E-state index is 0.150. The minimum Gasteiger partial charge on any atom is -0.310 e. The van der Waals surface area contributed by atoms with Gasteiger partial charge in [-0.15, -0.1) is 0 Å². The van der Waals surface area contributed by atoms with Crippen molar-refractivity contribution in [3.05, 3.63) is 246 Å². The number of hydrogen-bond donors (Lipinski definition) is 0. The van der Waals surface area contributed by atoms with Gasteiger partial charge in [-0.1, -0.05) is 196 Å². The number of benzene rings is 9. The van der Waals surface area contributed by atoms with Crippen molar-refractivity contribution in [3.63, 3.8) is 0 Å². The molecule has 59 heavy (non-hydrogen) atoms. The van der Waals surface area contributed by atoms with Crippen LogP contribution < -0.4 is 4.90 Å². The molecule has 9 aromatic carbocycles. The highest BCUT2D eigenvalue weighted by Crippen LogP contribution is 2.63. The van der Waals surface area contributed by atoms with E-state index in [1.54, 1.807) is 0 Å². The monoisotopic (exact) mass is 751 g/mol. The molecule has 3 aliphatic rings. The van der Waals surface area contributed by atoms with E-state index in [1.165, 1.54) is 89.0 Å². The van der Waals surface area contributed by atoms with Crippen molar-refractivity contribution in [2.75, 3.05) is 4.90 Å². The second kappa shape index (κ2) is 12.6. The van der Waals surface area contributed by atoms with E-state index >= 15 is 0 Å². The maximum Gasteiger partial charge on any atom is 0.0726 e. The van der Waals surface area contributed by atoms with Gasteiger partial charge in [-0.05, 0) is 114 Å². The second-order valence-corrected chi connectivity index (χ2v) is 16.8. The van der Waals surface area contributed by atoms with Crippen LogP contribution in [0.5, 0.6) is 0 Å². The molecule has 0 unspecified atom stereocenters. The summed E-state index contributed by atoms with van der Waals surface area (Å²) in [7, 11) is 0. The molecule has 0 saturated heterocycles. The lowest BCUT2D eigenvalue weighted by molar-refractivity contribution is 0.660. The maximum atomic E-state index is 2.54. The number of anilines is 3. The summed E-state index contributed by atoms with van der Waals surface area (Å²) >= 11 is 0. The average Bonchev–Trinajstić information content (AvgIpc) is 3.85. The Hall–Kier alpha value is -7.22. The van der Waals surface area contributed by atoms with Crippen LogP contribution in [0.3, 0.4) is 0 Å². The molecule has 1 heteroatoms. The molecule has 278 valence electrons. The van der Waals surface area contributed by atoms with Gasteiger partial charge >= 0.3 is 0 Å². The van der Waals surface area contributed by atoms with Crippen LogP contribution in [-0.2, 0) is 10.8 Å². The van der Waals surface area contributed by atoms with Crippen LogP contribution in [0.4, 0.5) is 17.1 Å². The fourth-order valence-corrected chi connectivity index (χ4v) is 10.9. The summed E-state index contributed by atoms with van der Waals surface area (Å²) < 4.78 is 0. The Morgan fingerprint density at radius 2 is 0.695 bits per heavy atom.